The van der Waals surface area contributed by atoms with Crippen molar-refractivity contribution in [2.75, 3.05) is 46.7 Å². The average molecular weight is 1090 g/mol. The lowest BCUT2D eigenvalue weighted by atomic mass is 9.93. The van der Waals surface area contributed by atoms with E-state index in [-0.39, 0.29) is 0 Å². The van der Waals surface area contributed by atoms with Gasteiger partial charge in [0.2, 0.25) is 23.6 Å². The van der Waals surface area contributed by atoms with Gasteiger partial charge < -0.3 is 126 Å². The number of aliphatic hydroxyl groups excluding tert-OH is 12. The fourth-order valence-electron chi connectivity index (χ4n) is 8.72. The molecule has 0 aromatic heterocycles. The Morgan fingerprint density at radius 3 is 1.26 bits per heavy atom. The van der Waals surface area contributed by atoms with Crippen molar-refractivity contribution in [3.63, 3.8) is 0 Å². The topological polar surface area (TPSA) is 509 Å². The van der Waals surface area contributed by atoms with Gasteiger partial charge in [-0.05, 0) is 7.05 Å². The SMILES string of the molecule is CN[C@H]1[C@H](O[C@H]2[C@H](O)[C@@H](NC(C)=O)[C@H](O[C@H]3[C@H](O)[C@@H](NC(C)=O)[C@H](O[C@H]4[C@H](O)[C@@H](NC(C)=O)[C@H](O[C@@H]([C@H](O)[C@H](CO)NC(C)=O)[C@H](O)COS(=O)(=O)O)O[C@@H]4CO)O[C@@H]3CO)O[C@@H]2CO)O[C@H](CO)[C@@H](O)[C@@H]1O. The van der Waals surface area contributed by atoms with E-state index in [0.29, 0.717) is 0 Å². The molecule has 0 aliphatic carbocycles. The van der Waals surface area contributed by atoms with E-state index in [0.717, 1.165) is 27.7 Å². The van der Waals surface area contributed by atoms with Gasteiger partial charge in [0, 0.05) is 27.7 Å². The number of carbonyl (C=O) groups is 4. The number of amides is 4. The molecule has 33 nitrogen and oxygen atoms in total. The molecular weight excluding hydrogens is 1020 g/mol. The smallest absolute Gasteiger partial charge is 0.394 e. The van der Waals surface area contributed by atoms with Crippen molar-refractivity contribution in [2.45, 2.75) is 175 Å². The number of aliphatic hydroxyl groups is 12. The summed E-state index contributed by atoms with van der Waals surface area (Å²) in [6.07, 6.45) is -35.0. The Labute approximate surface area is 416 Å². The highest BCUT2D eigenvalue weighted by atomic mass is 32.3. The molecule has 0 bridgehead atoms. The maximum absolute atomic E-state index is 12.7. The first-order chi connectivity index (χ1) is 34.2. The van der Waals surface area contributed by atoms with Crippen LogP contribution in [0, 0.1) is 0 Å². The Bertz CT molecular complexity index is 1900. The number of ether oxygens (including phenoxy) is 8. The lowest BCUT2D eigenvalue weighted by Crippen LogP contribution is -2.72. The second kappa shape index (κ2) is 27.8. The first-order valence-electron chi connectivity index (χ1n) is 22.7. The Balaban J connectivity index is 1.64. The van der Waals surface area contributed by atoms with Crippen LogP contribution in [0.2, 0.25) is 0 Å². The fourth-order valence-corrected chi connectivity index (χ4v) is 9.03. The predicted molar refractivity (Wildman–Crippen MR) is 232 cm³/mol. The monoisotopic (exact) mass is 1090 g/mol. The molecule has 0 aromatic rings. The molecule has 0 saturated carbocycles. The standard InChI is InChI=1S/C39H69N5O28S/c1-12(50)41-16(6-45)26(55)32(17(54)11-64-73(61,62)63)69-37-23(42-13(2)51)29(58)34(20(9-48)66-37)71-39-25(44-15(4)53)31(60)35(21(10-49)68-39)72-38-24(43-14(3)52)30(59)33(19(8-47)67-38)70-36-22(40-5)28(57)27(56)18(7-46)65-36/h16-40,45-49,54-60H,6-11H2,1-5H3,(H,41,50)(H,42,51)(H,43,52)(H,44,53)(H,61,62,63)/t16-,17+,18+,19+,20+,21+,22+,23+,24+,25+,26+,27+,28+,29+,30+,31+,32+,33+,34+,35+,36-,37-,38-,39-/m0/s1. The molecule has 4 rings (SSSR count). The Morgan fingerprint density at radius 2 is 0.918 bits per heavy atom. The van der Waals surface area contributed by atoms with Gasteiger partial charge in [-0.1, -0.05) is 0 Å². The van der Waals surface area contributed by atoms with E-state index in [2.05, 4.69) is 30.8 Å². The van der Waals surface area contributed by atoms with Crippen molar-refractivity contribution in [3.05, 3.63) is 0 Å². The predicted octanol–water partition coefficient (Wildman–Crippen LogP) is -11.7. The van der Waals surface area contributed by atoms with Crippen LogP contribution in [0.25, 0.3) is 0 Å². The van der Waals surface area contributed by atoms with E-state index < -0.39 is 221 Å². The minimum Gasteiger partial charge on any atom is -0.394 e. The molecule has 73 heavy (non-hydrogen) atoms. The summed E-state index contributed by atoms with van der Waals surface area (Å²) in [7, 11) is -3.85. The number of carbonyl (C=O) groups excluding carboxylic acids is 4. The number of hydrogen-bond acceptors (Lipinski definition) is 28. The van der Waals surface area contributed by atoms with Crippen LogP contribution in [-0.2, 0) is 71.7 Å². The largest absolute Gasteiger partial charge is 0.397 e. The van der Waals surface area contributed by atoms with Gasteiger partial charge in [0.05, 0.1) is 51.7 Å². The zero-order chi connectivity index (χ0) is 54.8. The van der Waals surface area contributed by atoms with Crippen LogP contribution >= 0.6 is 0 Å². The molecule has 34 heteroatoms. The lowest BCUT2D eigenvalue weighted by molar-refractivity contribution is -0.365. The number of likely N-dealkylation sites (N-methyl/N-ethyl adjacent to an activating group) is 1. The van der Waals surface area contributed by atoms with E-state index in [4.69, 9.17) is 42.4 Å². The summed E-state index contributed by atoms with van der Waals surface area (Å²) in [5, 5.41) is 142. The number of rotatable bonds is 24. The molecule has 0 unspecified atom stereocenters. The van der Waals surface area contributed by atoms with E-state index in [9.17, 15) is 88.9 Å². The third-order valence-corrected chi connectivity index (χ3v) is 12.6. The molecule has 18 N–H and O–H groups in total. The summed E-state index contributed by atoms with van der Waals surface area (Å²) in [6, 6.07) is -8.11. The molecule has 0 spiro atoms. The molecule has 424 valence electrons. The first kappa shape index (κ1) is 62.4. The lowest BCUT2D eigenvalue weighted by Gasteiger charge is -2.51. The maximum atomic E-state index is 12.7. The summed E-state index contributed by atoms with van der Waals surface area (Å²) in [5.41, 5.74) is 0. The van der Waals surface area contributed by atoms with Gasteiger partial charge in [0.25, 0.3) is 0 Å². The zero-order valence-corrected chi connectivity index (χ0v) is 40.8. The van der Waals surface area contributed by atoms with Gasteiger partial charge in [0.15, 0.2) is 25.2 Å². The van der Waals surface area contributed by atoms with Crippen molar-refractivity contribution >= 4 is 34.0 Å². The normalized spacial score (nSPS) is 38.8. The molecular formula is C39H69N5O28S. The minimum atomic E-state index is -5.23. The number of hydrogen-bond donors (Lipinski definition) is 18. The van der Waals surface area contributed by atoms with E-state index in [1.807, 2.05) is 0 Å². The molecule has 4 fully saturated rings. The van der Waals surface area contributed by atoms with Gasteiger partial charge in [0.1, 0.15) is 110 Å². The third kappa shape index (κ3) is 16.0. The summed E-state index contributed by atoms with van der Waals surface area (Å²) in [6.45, 7) is -2.15. The molecule has 0 radical (unpaired) electrons. The summed E-state index contributed by atoms with van der Waals surface area (Å²) < 4.78 is 83.3. The van der Waals surface area contributed by atoms with E-state index in [1.54, 1.807) is 0 Å². The molecule has 4 saturated heterocycles. The average Bonchev–Trinajstić information content (AvgIpc) is 3.32. The van der Waals surface area contributed by atoms with Crippen LogP contribution in [0.3, 0.4) is 0 Å². The van der Waals surface area contributed by atoms with E-state index >= 15 is 0 Å². The highest BCUT2D eigenvalue weighted by Gasteiger charge is 2.57. The summed E-state index contributed by atoms with van der Waals surface area (Å²) in [5.74, 6) is -3.33. The minimum absolute atomic E-state index is 0.768. The quantitative estimate of drug-likeness (QED) is 0.0399. The van der Waals surface area contributed by atoms with Crippen LogP contribution in [0.1, 0.15) is 27.7 Å². The van der Waals surface area contributed by atoms with Gasteiger partial charge in [-0.2, -0.15) is 8.42 Å². The van der Waals surface area contributed by atoms with Gasteiger partial charge in [-0.3, -0.25) is 23.7 Å². The highest BCUT2D eigenvalue weighted by Crippen LogP contribution is 2.35. The molecule has 0 aromatic carbocycles. The second-order valence-electron chi connectivity index (χ2n) is 17.5. The van der Waals surface area contributed by atoms with Crippen molar-refractivity contribution in [1.82, 2.24) is 26.6 Å². The Morgan fingerprint density at radius 1 is 0.548 bits per heavy atom. The van der Waals surface area contributed by atoms with E-state index in [1.165, 1.54) is 7.05 Å². The molecule has 4 heterocycles. The molecule has 4 aliphatic heterocycles. The summed E-state index contributed by atoms with van der Waals surface area (Å²) >= 11 is 0. The first-order valence-corrected chi connectivity index (χ1v) is 24.0. The molecule has 4 aliphatic rings. The van der Waals surface area contributed by atoms with Crippen LogP contribution in [-0.4, -0.2) is 291 Å². The van der Waals surface area contributed by atoms with Crippen molar-refractivity contribution in [2.24, 2.45) is 0 Å². The van der Waals surface area contributed by atoms with Crippen LogP contribution in [0.15, 0.2) is 0 Å². The van der Waals surface area contributed by atoms with Crippen LogP contribution < -0.4 is 26.6 Å². The number of nitrogens with one attached hydrogen (secondary N) is 5. The fraction of sp³-hybridized carbons (Fsp3) is 0.897. The Kier molecular flexibility index (Phi) is 23.8. The van der Waals surface area contributed by atoms with Crippen molar-refractivity contribution < 1.29 is 136 Å². The Hall–Kier alpha value is -3.09. The van der Waals surface area contributed by atoms with Gasteiger partial charge >= 0.3 is 10.4 Å². The van der Waals surface area contributed by atoms with Crippen LogP contribution in [0.4, 0.5) is 0 Å². The summed E-state index contributed by atoms with van der Waals surface area (Å²) in [4.78, 5) is 49.6. The van der Waals surface area contributed by atoms with Crippen molar-refractivity contribution in [3.8, 4) is 0 Å². The maximum Gasteiger partial charge on any atom is 0.397 e. The van der Waals surface area contributed by atoms with Gasteiger partial charge in [-0.15, -0.1) is 0 Å². The second-order valence-corrected chi connectivity index (χ2v) is 18.6. The molecule has 24 atom stereocenters. The van der Waals surface area contributed by atoms with Crippen LogP contribution in [0.5, 0.6) is 0 Å². The third-order valence-electron chi connectivity index (χ3n) is 12.1. The molecule has 4 amide bonds. The van der Waals surface area contributed by atoms with Crippen molar-refractivity contribution in [1.29, 1.82) is 0 Å². The van der Waals surface area contributed by atoms with Gasteiger partial charge in [-0.25, -0.2) is 4.18 Å². The zero-order valence-electron chi connectivity index (χ0n) is 39.9. The highest BCUT2D eigenvalue weighted by molar-refractivity contribution is 7.80.